The maximum atomic E-state index is 5.44. The molecular formula is C29H33NO2. The minimum absolute atomic E-state index is 0.375. The van der Waals surface area contributed by atoms with Gasteiger partial charge in [0, 0.05) is 6.04 Å². The Bertz CT molecular complexity index is 1040. The third-order valence-corrected chi connectivity index (χ3v) is 6.25. The lowest BCUT2D eigenvalue weighted by Crippen LogP contribution is -2.28. The van der Waals surface area contributed by atoms with Gasteiger partial charge in [-0.3, -0.25) is 0 Å². The number of nitrogens with one attached hydrogen (secondary N) is 1. The Morgan fingerprint density at radius 1 is 0.844 bits per heavy atom. The van der Waals surface area contributed by atoms with Crippen molar-refractivity contribution in [2.24, 2.45) is 0 Å². The number of rotatable bonds is 8. The molecule has 0 aliphatic heterocycles. The van der Waals surface area contributed by atoms with E-state index in [-0.39, 0.29) is 0 Å². The lowest BCUT2D eigenvalue weighted by atomic mass is 9.93. The summed E-state index contributed by atoms with van der Waals surface area (Å²) in [5.41, 5.74) is 8.29. The molecule has 1 unspecified atom stereocenters. The van der Waals surface area contributed by atoms with Gasteiger partial charge < -0.3 is 14.8 Å². The molecule has 1 aliphatic carbocycles. The Hall–Kier alpha value is -3.04. The lowest BCUT2D eigenvalue weighted by molar-refractivity contribution is 0.354. The van der Waals surface area contributed by atoms with E-state index in [1.807, 2.05) is 6.07 Å². The zero-order valence-electron chi connectivity index (χ0n) is 19.4. The Morgan fingerprint density at radius 3 is 2.09 bits per heavy atom. The molecule has 1 aliphatic rings. The van der Waals surface area contributed by atoms with E-state index in [1.165, 1.54) is 33.4 Å². The predicted molar refractivity (Wildman–Crippen MR) is 133 cm³/mol. The quantitative estimate of drug-likeness (QED) is 0.458. The van der Waals surface area contributed by atoms with E-state index in [0.717, 1.165) is 43.7 Å². The van der Waals surface area contributed by atoms with E-state index in [9.17, 15) is 0 Å². The maximum absolute atomic E-state index is 5.44. The van der Waals surface area contributed by atoms with Gasteiger partial charge in [0.05, 0.1) is 14.2 Å². The summed E-state index contributed by atoms with van der Waals surface area (Å²) in [7, 11) is 3.35. The van der Waals surface area contributed by atoms with Crippen LogP contribution in [0.1, 0.15) is 41.2 Å². The van der Waals surface area contributed by atoms with Gasteiger partial charge in [0.2, 0.25) is 0 Å². The van der Waals surface area contributed by atoms with Crippen LogP contribution in [0.5, 0.6) is 11.5 Å². The zero-order valence-corrected chi connectivity index (χ0v) is 19.4. The Kier molecular flexibility index (Phi) is 7.28. The molecule has 3 aromatic rings. The molecule has 0 bridgehead atoms. The van der Waals surface area contributed by atoms with Gasteiger partial charge in [0.1, 0.15) is 0 Å². The number of aryl methyl sites for hydroxylation is 2. The molecule has 1 N–H and O–H groups in total. The molecule has 0 heterocycles. The highest BCUT2D eigenvalue weighted by Crippen LogP contribution is 2.33. The van der Waals surface area contributed by atoms with Crippen LogP contribution in [-0.2, 0) is 19.3 Å². The van der Waals surface area contributed by atoms with Crippen LogP contribution in [0.15, 0.2) is 72.8 Å². The van der Waals surface area contributed by atoms with Crippen molar-refractivity contribution in [1.29, 1.82) is 0 Å². The highest BCUT2D eigenvalue weighted by atomic mass is 16.5. The van der Waals surface area contributed by atoms with Crippen molar-refractivity contribution in [3.63, 3.8) is 0 Å². The topological polar surface area (TPSA) is 30.5 Å². The van der Waals surface area contributed by atoms with Crippen LogP contribution in [0.2, 0.25) is 0 Å². The van der Waals surface area contributed by atoms with Crippen molar-refractivity contribution in [3.05, 3.63) is 101 Å². The molecular weight excluding hydrogens is 394 g/mol. The second kappa shape index (κ2) is 10.5. The van der Waals surface area contributed by atoms with Crippen molar-refractivity contribution in [2.75, 3.05) is 20.8 Å². The Labute approximate surface area is 192 Å². The number of hydrogen-bond donors (Lipinski definition) is 1. The van der Waals surface area contributed by atoms with Gasteiger partial charge >= 0.3 is 0 Å². The van der Waals surface area contributed by atoms with Crippen molar-refractivity contribution in [1.82, 2.24) is 5.32 Å². The Morgan fingerprint density at radius 2 is 1.47 bits per heavy atom. The first kappa shape index (κ1) is 22.2. The zero-order chi connectivity index (χ0) is 22.3. The van der Waals surface area contributed by atoms with Crippen LogP contribution in [0.4, 0.5) is 0 Å². The van der Waals surface area contributed by atoms with E-state index >= 15 is 0 Å². The maximum Gasteiger partial charge on any atom is 0.160 e. The molecule has 0 fully saturated rings. The first-order valence-electron chi connectivity index (χ1n) is 11.5. The minimum Gasteiger partial charge on any atom is -0.493 e. The standard InChI is InChI=1S/C29H33NO2/c1-21(19-22-14-17-28(31-2)29(20-22)32-3)30-18-8-13-27-25-11-6-4-9-23(25)15-16-24-10-5-7-12-26(24)27/h4-7,9-14,17,20-21,30H,8,15-16,18-19H2,1-3H3. The highest BCUT2D eigenvalue weighted by Gasteiger charge is 2.17. The number of methoxy groups -OCH3 is 2. The normalized spacial score (nSPS) is 13.5. The van der Waals surface area contributed by atoms with E-state index in [4.69, 9.17) is 9.47 Å². The van der Waals surface area contributed by atoms with Crippen molar-refractivity contribution in [3.8, 4) is 11.5 Å². The largest absolute Gasteiger partial charge is 0.493 e. The predicted octanol–water partition coefficient (Wildman–Crippen LogP) is 5.85. The first-order valence-corrected chi connectivity index (χ1v) is 11.5. The lowest BCUT2D eigenvalue weighted by Gasteiger charge is -2.16. The first-order chi connectivity index (χ1) is 15.7. The summed E-state index contributed by atoms with van der Waals surface area (Å²) < 4.78 is 10.8. The molecule has 3 nitrogen and oxygen atoms in total. The fourth-order valence-corrected chi connectivity index (χ4v) is 4.62. The molecule has 32 heavy (non-hydrogen) atoms. The summed E-state index contributed by atoms with van der Waals surface area (Å²) >= 11 is 0. The molecule has 0 saturated heterocycles. The van der Waals surface area contributed by atoms with Crippen molar-refractivity contribution in [2.45, 2.75) is 38.6 Å². The molecule has 3 aromatic carbocycles. The van der Waals surface area contributed by atoms with Gasteiger partial charge in [-0.1, -0.05) is 60.7 Å². The monoisotopic (exact) mass is 427 g/mol. The molecule has 0 aromatic heterocycles. The van der Waals surface area contributed by atoms with Crippen LogP contribution in [0.25, 0.3) is 5.57 Å². The SMILES string of the molecule is COc1ccc(CC(C)NCCC=C2c3ccccc3CCc3ccccc32)cc1OC. The Balaban J connectivity index is 1.42. The summed E-state index contributed by atoms with van der Waals surface area (Å²) in [4.78, 5) is 0. The van der Waals surface area contributed by atoms with E-state index in [1.54, 1.807) is 14.2 Å². The second-order valence-corrected chi connectivity index (χ2v) is 8.47. The summed E-state index contributed by atoms with van der Waals surface area (Å²) in [5.74, 6) is 1.56. The number of fused-ring (bicyclic) bond motifs is 2. The molecule has 0 amide bonds. The molecule has 1 atom stereocenters. The smallest absolute Gasteiger partial charge is 0.160 e. The fourth-order valence-electron chi connectivity index (χ4n) is 4.62. The number of benzene rings is 3. The van der Waals surface area contributed by atoms with Crippen LogP contribution < -0.4 is 14.8 Å². The molecule has 4 rings (SSSR count). The summed E-state index contributed by atoms with van der Waals surface area (Å²) in [6.07, 6.45) is 6.56. The van der Waals surface area contributed by atoms with Gasteiger partial charge in [-0.2, -0.15) is 0 Å². The molecule has 3 heteroatoms. The molecule has 0 spiro atoms. The average molecular weight is 428 g/mol. The third-order valence-electron chi connectivity index (χ3n) is 6.25. The van der Waals surface area contributed by atoms with E-state index < -0.39 is 0 Å². The van der Waals surface area contributed by atoms with Crippen molar-refractivity contribution >= 4 is 5.57 Å². The van der Waals surface area contributed by atoms with Gasteiger partial charge in [-0.15, -0.1) is 0 Å². The van der Waals surface area contributed by atoms with Crippen molar-refractivity contribution < 1.29 is 9.47 Å². The van der Waals surface area contributed by atoms with Gasteiger partial charge in [-0.25, -0.2) is 0 Å². The van der Waals surface area contributed by atoms with E-state index in [2.05, 4.69) is 79.0 Å². The highest BCUT2D eigenvalue weighted by molar-refractivity contribution is 5.83. The third kappa shape index (κ3) is 5.05. The second-order valence-electron chi connectivity index (χ2n) is 8.47. The number of hydrogen-bond acceptors (Lipinski definition) is 3. The minimum atomic E-state index is 0.375. The van der Waals surface area contributed by atoms with Crippen LogP contribution in [0.3, 0.4) is 0 Å². The summed E-state index contributed by atoms with van der Waals surface area (Å²) in [6, 6.07) is 24.3. The molecule has 166 valence electrons. The summed E-state index contributed by atoms with van der Waals surface area (Å²) in [5, 5.41) is 3.68. The fraction of sp³-hybridized carbons (Fsp3) is 0.310. The summed E-state index contributed by atoms with van der Waals surface area (Å²) in [6.45, 7) is 3.18. The van der Waals surface area contributed by atoms with Gasteiger partial charge in [-0.05, 0) is 84.7 Å². The van der Waals surface area contributed by atoms with Crippen LogP contribution in [-0.4, -0.2) is 26.8 Å². The molecule has 0 saturated carbocycles. The molecule has 0 radical (unpaired) electrons. The average Bonchev–Trinajstić information content (AvgIpc) is 2.99. The van der Waals surface area contributed by atoms with Gasteiger partial charge in [0.15, 0.2) is 11.5 Å². The van der Waals surface area contributed by atoms with E-state index in [0.29, 0.717) is 6.04 Å². The van der Waals surface area contributed by atoms with Crippen LogP contribution in [0, 0.1) is 0 Å². The van der Waals surface area contributed by atoms with Crippen LogP contribution >= 0.6 is 0 Å². The number of ether oxygens (including phenoxy) is 2. The van der Waals surface area contributed by atoms with Gasteiger partial charge in [0.25, 0.3) is 0 Å².